The maximum atomic E-state index is 12.5. The second-order valence-corrected chi connectivity index (χ2v) is 22.5. The third-order valence-electron chi connectivity index (χ3n) is 15.3. The lowest BCUT2D eigenvalue weighted by atomic mass is 10.0. The second-order valence-electron chi connectivity index (χ2n) is 22.5. The van der Waals surface area contributed by atoms with Crippen LogP contribution in [-0.4, -0.2) is 47.4 Å². The molecule has 0 bridgehead atoms. The lowest BCUT2D eigenvalue weighted by Crippen LogP contribution is -2.45. The van der Waals surface area contributed by atoms with Gasteiger partial charge >= 0.3 is 5.97 Å². The molecule has 2 atom stereocenters. The molecule has 1 amide bonds. The van der Waals surface area contributed by atoms with Gasteiger partial charge in [-0.3, -0.25) is 9.59 Å². The molecule has 6 nitrogen and oxygen atoms in total. The highest BCUT2D eigenvalue weighted by Crippen LogP contribution is 2.18. The molecular formula is C65H127NO5. The Morgan fingerprint density at radius 1 is 0.380 bits per heavy atom. The van der Waals surface area contributed by atoms with Crippen molar-refractivity contribution in [1.82, 2.24) is 5.32 Å². The molecular weight excluding hydrogens is 875 g/mol. The van der Waals surface area contributed by atoms with Crippen LogP contribution in [0.5, 0.6) is 0 Å². The molecule has 0 rings (SSSR count). The average Bonchev–Trinajstić information content (AvgIpc) is 3.37. The first kappa shape index (κ1) is 69.6. The minimum absolute atomic E-state index is 0.0108. The number of hydrogen-bond donors (Lipinski definition) is 3. The van der Waals surface area contributed by atoms with Gasteiger partial charge < -0.3 is 20.3 Å². The Labute approximate surface area is 444 Å². The number of esters is 1. The van der Waals surface area contributed by atoms with E-state index in [0.29, 0.717) is 19.4 Å². The summed E-state index contributed by atoms with van der Waals surface area (Å²) < 4.78 is 5.48. The van der Waals surface area contributed by atoms with Gasteiger partial charge in [0, 0.05) is 12.8 Å². The highest BCUT2D eigenvalue weighted by Gasteiger charge is 2.18. The van der Waals surface area contributed by atoms with Crippen LogP contribution in [0.25, 0.3) is 0 Å². The number of allylic oxidation sites excluding steroid dienone is 1. The van der Waals surface area contributed by atoms with Gasteiger partial charge in [-0.15, -0.1) is 0 Å². The van der Waals surface area contributed by atoms with Gasteiger partial charge in [0.25, 0.3) is 0 Å². The first-order chi connectivity index (χ1) is 35.0. The number of ether oxygens (including phenoxy) is 1. The van der Waals surface area contributed by atoms with E-state index in [-0.39, 0.29) is 18.5 Å². The summed E-state index contributed by atoms with van der Waals surface area (Å²) in [5.74, 6) is -0.0557. The summed E-state index contributed by atoms with van der Waals surface area (Å²) in [6.07, 6.45) is 74.0. The van der Waals surface area contributed by atoms with E-state index in [0.717, 1.165) is 38.5 Å². The van der Waals surface area contributed by atoms with E-state index in [2.05, 4.69) is 19.2 Å². The Balaban J connectivity index is 3.42. The zero-order chi connectivity index (χ0) is 51.4. The third-order valence-corrected chi connectivity index (χ3v) is 15.3. The molecule has 0 aromatic carbocycles. The summed E-state index contributed by atoms with van der Waals surface area (Å²) in [6.45, 7) is 4.93. The largest absolute Gasteiger partial charge is 0.466 e. The van der Waals surface area contributed by atoms with Crippen LogP contribution in [0.1, 0.15) is 367 Å². The molecule has 0 aromatic heterocycles. The third kappa shape index (κ3) is 57.7. The second kappa shape index (κ2) is 61.1. The minimum atomic E-state index is -0.847. The van der Waals surface area contributed by atoms with Crippen LogP contribution >= 0.6 is 0 Å². The van der Waals surface area contributed by atoms with Crippen LogP contribution in [0.4, 0.5) is 0 Å². The first-order valence-electron chi connectivity index (χ1n) is 32.5. The van der Waals surface area contributed by atoms with Gasteiger partial charge in [-0.2, -0.15) is 0 Å². The molecule has 0 saturated heterocycles. The number of carbonyl (C=O) groups excluding carboxylic acids is 2. The Morgan fingerprint density at radius 3 is 0.958 bits per heavy atom. The number of rotatable bonds is 61. The summed E-state index contributed by atoms with van der Waals surface area (Å²) in [5.41, 5.74) is 0. The van der Waals surface area contributed by atoms with Crippen molar-refractivity contribution in [2.24, 2.45) is 0 Å². The van der Waals surface area contributed by atoms with Gasteiger partial charge in [-0.05, 0) is 32.1 Å². The van der Waals surface area contributed by atoms with E-state index in [1.807, 2.05) is 6.08 Å². The predicted molar refractivity (Wildman–Crippen MR) is 310 cm³/mol. The maximum Gasteiger partial charge on any atom is 0.305 e. The van der Waals surface area contributed by atoms with E-state index in [1.54, 1.807) is 6.08 Å². The van der Waals surface area contributed by atoms with Crippen LogP contribution in [0.15, 0.2) is 12.2 Å². The van der Waals surface area contributed by atoms with Crippen LogP contribution in [0, 0.1) is 0 Å². The molecule has 0 aliphatic heterocycles. The van der Waals surface area contributed by atoms with Gasteiger partial charge in [-0.25, -0.2) is 0 Å². The number of carbonyl (C=O) groups is 2. The Bertz CT molecular complexity index is 1060. The van der Waals surface area contributed by atoms with Crippen molar-refractivity contribution in [3.05, 3.63) is 12.2 Å². The molecule has 0 spiro atoms. The lowest BCUT2D eigenvalue weighted by Gasteiger charge is -2.20. The SMILES string of the molecule is CCCCCCCCCCCCCCCCCCCCCC/C=C/C(O)C(CO)NC(=O)CCCCCCCCCCCCCCCCCCCCCOC(=O)CCCCCCCCCCCCCCC. The van der Waals surface area contributed by atoms with Gasteiger partial charge in [0.2, 0.25) is 5.91 Å². The number of unbranched alkanes of at least 4 members (excludes halogenated alkanes) is 50. The molecule has 422 valence electrons. The van der Waals surface area contributed by atoms with Crippen molar-refractivity contribution in [1.29, 1.82) is 0 Å². The Hall–Kier alpha value is -1.40. The Morgan fingerprint density at radius 2 is 0.648 bits per heavy atom. The monoisotopic (exact) mass is 1000 g/mol. The van der Waals surface area contributed by atoms with E-state index in [9.17, 15) is 19.8 Å². The van der Waals surface area contributed by atoms with Crippen molar-refractivity contribution >= 4 is 11.9 Å². The smallest absolute Gasteiger partial charge is 0.305 e. The maximum absolute atomic E-state index is 12.5. The fraction of sp³-hybridized carbons (Fsp3) is 0.938. The molecule has 0 aromatic rings. The zero-order valence-electron chi connectivity index (χ0n) is 48.2. The van der Waals surface area contributed by atoms with E-state index in [1.165, 1.54) is 302 Å². The topological polar surface area (TPSA) is 95.9 Å². The van der Waals surface area contributed by atoms with Crippen molar-refractivity contribution in [2.45, 2.75) is 379 Å². The molecule has 0 saturated carbocycles. The zero-order valence-corrected chi connectivity index (χ0v) is 48.2. The average molecular weight is 1000 g/mol. The first-order valence-corrected chi connectivity index (χ1v) is 32.5. The number of nitrogens with one attached hydrogen (secondary N) is 1. The number of aliphatic hydroxyl groups excluding tert-OH is 2. The van der Waals surface area contributed by atoms with Crippen LogP contribution in [0.3, 0.4) is 0 Å². The summed E-state index contributed by atoms with van der Waals surface area (Å²) >= 11 is 0. The molecule has 71 heavy (non-hydrogen) atoms. The van der Waals surface area contributed by atoms with Crippen LogP contribution in [0.2, 0.25) is 0 Å². The number of amides is 1. The summed E-state index contributed by atoms with van der Waals surface area (Å²) in [7, 11) is 0. The van der Waals surface area contributed by atoms with E-state index in [4.69, 9.17) is 4.74 Å². The van der Waals surface area contributed by atoms with Crippen LogP contribution < -0.4 is 5.32 Å². The highest BCUT2D eigenvalue weighted by molar-refractivity contribution is 5.76. The molecule has 0 aliphatic carbocycles. The molecule has 0 aliphatic rings. The molecule has 6 heteroatoms. The lowest BCUT2D eigenvalue weighted by molar-refractivity contribution is -0.143. The summed E-state index contributed by atoms with van der Waals surface area (Å²) in [6, 6.07) is -0.630. The molecule has 2 unspecified atom stereocenters. The van der Waals surface area contributed by atoms with Gasteiger partial charge in [0.15, 0.2) is 0 Å². The van der Waals surface area contributed by atoms with Crippen molar-refractivity contribution in [3.63, 3.8) is 0 Å². The van der Waals surface area contributed by atoms with Gasteiger partial charge in [0.1, 0.15) is 0 Å². The van der Waals surface area contributed by atoms with Crippen LogP contribution in [-0.2, 0) is 14.3 Å². The van der Waals surface area contributed by atoms with E-state index < -0.39 is 12.1 Å². The van der Waals surface area contributed by atoms with Crippen molar-refractivity contribution < 1.29 is 24.5 Å². The predicted octanol–water partition coefficient (Wildman–Crippen LogP) is 20.4. The molecule has 0 radical (unpaired) electrons. The standard InChI is InChI=1S/C65H127NO5/c1-3-5-7-9-11-13-15-17-18-19-20-21-22-24-27-30-34-37-41-45-49-53-57-63(68)62(61-67)66-64(69)58-54-50-46-42-38-35-31-28-25-23-26-29-32-36-40-44-48-52-56-60-71-65(70)59-55-51-47-43-39-33-16-14-12-10-8-6-4-2/h53,57,62-63,67-68H,3-52,54-56,58-61H2,1-2H3,(H,66,69)/b57-53+. The fourth-order valence-electron chi connectivity index (χ4n) is 10.3. The number of hydrogen-bond acceptors (Lipinski definition) is 5. The number of aliphatic hydroxyl groups is 2. The van der Waals surface area contributed by atoms with Gasteiger partial charge in [-0.1, -0.05) is 334 Å². The minimum Gasteiger partial charge on any atom is -0.466 e. The summed E-state index contributed by atoms with van der Waals surface area (Å²) in [5, 5.41) is 23.2. The van der Waals surface area contributed by atoms with Crippen molar-refractivity contribution in [3.8, 4) is 0 Å². The van der Waals surface area contributed by atoms with Gasteiger partial charge in [0.05, 0.1) is 25.4 Å². The molecule has 0 heterocycles. The molecule has 0 fully saturated rings. The fourth-order valence-corrected chi connectivity index (χ4v) is 10.3. The highest BCUT2D eigenvalue weighted by atomic mass is 16.5. The molecule has 3 N–H and O–H groups in total. The Kier molecular flexibility index (Phi) is 59.9. The summed E-state index contributed by atoms with van der Waals surface area (Å²) in [4.78, 5) is 24.5. The quantitative estimate of drug-likeness (QED) is 0.0320. The van der Waals surface area contributed by atoms with E-state index >= 15 is 0 Å². The normalized spacial score (nSPS) is 12.6. The van der Waals surface area contributed by atoms with Crippen molar-refractivity contribution in [2.75, 3.05) is 13.2 Å².